The highest BCUT2D eigenvalue weighted by molar-refractivity contribution is 8.13. The van der Waals surface area contributed by atoms with Crippen molar-refractivity contribution in [2.45, 2.75) is 31.6 Å². The quantitative estimate of drug-likeness (QED) is 0.666. The van der Waals surface area contributed by atoms with Crippen LogP contribution in [0.5, 0.6) is 0 Å². The summed E-state index contributed by atoms with van der Waals surface area (Å²) in [6.07, 6.45) is 3.86. The summed E-state index contributed by atoms with van der Waals surface area (Å²) in [5, 5.41) is 0.674. The maximum atomic E-state index is 13.1. The number of hydrogen-bond donors (Lipinski definition) is 0. The number of thioether (sulfide) groups is 1. The number of hydrogen-bond acceptors (Lipinski definition) is 4. The number of halogens is 1. The number of amides is 1. The molecule has 4 nitrogen and oxygen atoms in total. The van der Waals surface area contributed by atoms with Gasteiger partial charge in [0, 0.05) is 12.4 Å². The van der Waals surface area contributed by atoms with Gasteiger partial charge in [-0.2, -0.15) is 0 Å². The molecule has 0 radical (unpaired) electrons. The monoisotopic (exact) mass is 410 g/mol. The van der Waals surface area contributed by atoms with Crippen molar-refractivity contribution >= 4 is 28.9 Å². The Balaban J connectivity index is 1.54. The SMILES string of the molecule is Cc1ccc(/C=C2\N=C(SCc3ccc(F)cc3)N(CC3CCCO3)C2=O)cc1. The first-order chi connectivity index (χ1) is 14.1. The van der Waals surface area contributed by atoms with Gasteiger partial charge in [-0.1, -0.05) is 53.7 Å². The van der Waals surface area contributed by atoms with E-state index in [0.717, 1.165) is 30.6 Å². The Kier molecular flexibility index (Phi) is 6.11. The molecule has 29 heavy (non-hydrogen) atoms. The minimum Gasteiger partial charge on any atom is -0.376 e. The third kappa shape index (κ3) is 4.95. The number of benzene rings is 2. The molecule has 0 aromatic heterocycles. The largest absolute Gasteiger partial charge is 0.376 e. The predicted molar refractivity (Wildman–Crippen MR) is 115 cm³/mol. The van der Waals surface area contributed by atoms with Gasteiger partial charge in [0.05, 0.1) is 12.6 Å². The number of nitrogens with zero attached hydrogens (tertiary/aromatic N) is 2. The van der Waals surface area contributed by atoms with E-state index in [1.54, 1.807) is 17.0 Å². The van der Waals surface area contributed by atoms with Gasteiger partial charge in [0.1, 0.15) is 11.5 Å². The summed E-state index contributed by atoms with van der Waals surface area (Å²) in [6, 6.07) is 14.4. The van der Waals surface area contributed by atoms with Gasteiger partial charge >= 0.3 is 0 Å². The second-order valence-corrected chi connectivity index (χ2v) is 8.24. The summed E-state index contributed by atoms with van der Waals surface area (Å²) in [4.78, 5) is 19.4. The average molecular weight is 411 g/mol. The van der Waals surface area contributed by atoms with Crippen molar-refractivity contribution in [1.29, 1.82) is 0 Å². The normalized spacial score (nSPS) is 20.6. The van der Waals surface area contributed by atoms with Gasteiger partial charge in [-0.15, -0.1) is 0 Å². The molecule has 6 heteroatoms. The molecule has 2 aromatic carbocycles. The van der Waals surface area contributed by atoms with Crippen molar-refractivity contribution in [1.82, 2.24) is 4.90 Å². The Hall–Kier alpha value is -2.44. The molecule has 150 valence electrons. The number of carbonyl (C=O) groups excluding carboxylic acids is 1. The third-order valence-electron chi connectivity index (χ3n) is 4.98. The molecule has 2 aliphatic rings. The molecule has 4 rings (SSSR count). The van der Waals surface area contributed by atoms with Crippen LogP contribution in [0.15, 0.2) is 59.2 Å². The van der Waals surface area contributed by atoms with E-state index in [2.05, 4.69) is 4.99 Å². The molecule has 1 amide bonds. The summed E-state index contributed by atoms with van der Waals surface area (Å²) in [6.45, 7) is 3.29. The summed E-state index contributed by atoms with van der Waals surface area (Å²) >= 11 is 1.49. The topological polar surface area (TPSA) is 41.9 Å². The van der Waals surface area contributed by atoms with Gasteiger partial charge in [-0.05, 0) is 49.1 Å². The molecule has 0 bridgehead atoms. The minimum absolute atomic E-state index is 0.0503. The van der Waals surface area contributed by atoms with Crippen molar-refractivity contribution in [2.75, 3.05) is 13.2 Å². The molecule has 0 saturated carbocycles. The molecule has 2 aliphatic heterocycles. The molecule has 1 unspecified atom stereocenters. The first-order valence-electron chi connectivity index (χ1n) is 9.76. The molecular formula is C23H23FN2O2S. The average Bonchev–Trinajstić information content (AvgIpc) is 3.33. The number of ether oxygens (including phenoxy) is 1. The van der Waals surface area contributed by atoms with Gasteiger partial charge in [-0.25, -0.2) is 9.38 Å². The van der Waals surface area contributed by atoms with E-state index in [0.29, 0.717) is 23.2 Å². The van der Waals surface area contributed by atoms with Crippen molar-refractivity contribution in [3.05, 3.63) is 76.7 Å². The zero-order valence-corrected chi connectivity index (χ0v) is 17.1. The lowest BCUT2D eigenvalue weighted by Gasteiger charge is -2.21. The van der Waals surface area contributed by atoms with Gasteiger partial charge in [0.2, 0.25) is 0 Å². The van der Waals surface area contributed by atoms with Crippen molar-refractivity contribution in [2.24, 2.45) is 4.99 Å². The number of amidine groups is 1. The van der Waals surface area contributed by atoms with Crippen LogP contribution < -0.4 is 0 Å². The molecule has 1 fully saturated rings. The van der Waals surface area contributed by atoms with Crippen LogP contribution >= 0.6 is 11.8 Å². The van der Waals surface area contributed by atoms with Gasteiger partial charge in [0.15, 0.2) is 5.17 Å². The molecule has 2 heterocycles. The number of aliphatic imine (C=N–C) groups is 1. The zero-order chi connectivity index (χ0) is 20.2. The first-order valence-corrected chi connectivity index (χ1v) is 10.7. The van der Waals surface area contributed by atoms with E-state index in [1.807, 2.05) is 37.3 Å². The highest BCUT2D eigenvalue weighted by atomic mass is 32.2. The summed E-state index contributed by atoms with van der Waals surface area (Å²) in [7, 11) is 0. The van der Waals surface area contributed by atoms with Gasteiger partial charge < -0.3 is 4.74 Å². The van der Waals surface area contributed by atoms with E-state index in [4.69, 9.17) is 4.74 Å². The maximum Gasteiger partial charge on any atom is 0.278 e. The fraction of sp³-hybridized carbons (Fsp3) is 0.304. The smallest absolute Gasteiger partial charge is 0.278 e. The van der Waals surface area contributed by atoms with Crippen LogP contribution in [-0.4, -0.2) is 35.2 Å². The van der Waals surface area contributed by atoms with Crippen LogP contribution in [0.4, 0.5) is 4.39 Å². The Morgan fingerprint density at radius 3 is 2.66 bits per heavy atom. The standard InChI is InChI=1S/C23H23FN2O2S/c1-16-4-6-17(7-5-16)13-21-22(27)26(14-20-3-2-12-28-20)23(25-21)29-15-18-8-10-19(24)11-9-18/h4-11,13,20H,2-3,12,14-15H2,1H3/b21-13-. The summed E-state index contributed by atoms with van der Waals surface area (Å²) in [5.41, 5.74) is 3.54. The van der Waals surface area contributed by atoms with Crippen LogP contribution in [0.25, 0.3) is 6.08 Å². The van der Waals surface area contributed by atoms with Gasteiger partial charge in [0.25, 0.3) is 5.91 Å². The van der Waals surface area contributed by atoms with E-state index in [-0.39, 0.29) is 17.8 Å². The molecule has 0 N–H and O–H groups in total. The minimum atomic E-state index is -0.254. The van der Waals surface area contributed by atoms with Crippen LogP contribution in [0.1, 0.15) is 29.5 Å². The lowest BCUT2D eigenvalue weighted by Crippen LogP contribution is -2.37. The second kappa shape index (κ2) is 8.93. The van der Waals surface area contributed by atoms with E-state index >= 15 is 0 Å². The van der Waals surface area contributed by atoms with Crippen LogP contribution in [-0.2, 0) is 15.3 Å². The lowest BCUT2D eigenvalue weighted by atomic mass is 10.1. The number of carbonyl (C=O) groups is 1. The van der Waals surface area contributed by atoms with Crippen LogP contribution in [0, 0.1) is 12.7 Å². The van der Waals surface area contributed by atoms with Crippen LogP contribution in [0.3, 0.4) is 0 Å². The zero-order valence-electron chi connectivity index (χ0n) is 16.3. The third-order valence-corrected chi connectivity index (χ3v) is 6.03. The lowest BCUT2D eigenvalue weighted by molar-refractivity contribution is -0.123. The van der Waals surface area contributed by atoms with E-state index in [9.17, 15) is 9.18 Å². The van der Waals surface area contributed by atoms with Crippen LogP contribution in [0.2, 0.25) is 0 Å². The van der Waals surface area contributed by atoms with Crippen molar-refractivity contribution < 1.29 is 13.9 Å². The fourth-order valence-corrected chi connectivity index (χ4v) is 4.31. The molecule has 1 atom stereocenters. The summed E-state index contributed by atoms with van der Waals surface area (Å²) in [5.74, 6) is 0.268. The number of rotatable bonds is 5. The first kappa shape index (κ1) is 19.9. The highest BCUT2D eigenvalue weighted by Gasteiger charge is 2.33. The van der Waals surface area contributed by atoms with E-state index < -0.39 is 0 Å². The van der Waals surface area contributed by atoms with E-state index in [1.165, 1.54) is 29.5 Å². The Bertz CT molecular complexity index is 932. The summed E-state index contributed by atoms with van der Waals surface area (Å²) < 4.78 is 18.9. The van der Waals surface area contributed by atoms with Gasteiger partial charge in [-0.3, -0.25) is 9.69 Å². The Morgan fingerprint density at radius 2 is 1.97 bits per heavy atom. The maximum absolute atomic E-state index is 13.1. The Morgan fingerprint density at radius 1 is 1.21 bits per heavy atom. The van der Waals surface area contributed by atoms with Crippen molar-refractivity contribution in [3.8, 4) is 0 Å². The molecular weight excluding hydrogens is 387 g/mol. The molecule has 1 saturated heterocycles. The molecule has 0 aliphatic carbocycles. The highest BCUT2D eigenvalue weighted by Crippen LogP contribution is 2.28. The fourth-order valence-electron chi connectivity index (χ4n) is 3.34. The Labute approximate surface area is 174 Å². The molecule has 0 spiro atoms. The second-order valence-electron chi connectivity index (χ2n) is 7.30. The molecule has 2 aromatic rings. The van der Waals surface area contributed by atoms with Crippen molar-refractivity contribution in [3.63, 3.8) is 0 Å². The predicted octanol–water partition coefficient (Wildman–Crippen LogP) is 4.79. The number of aryl methyl sites for hydroxylation is 1.